The molecule has 0 aromatic carbocycles. The molecule has 0 fully saturated rings. The summed E-state index contributed by atoms with van der Waals surface area (Å²) in [6.07, 6.45) is 4.95. The SMILES string of the molecule is Cc1nccn1CCN(C)CCC(N)C(C)C. The van der Waals surface area contributed by atoms with E-state index >= 15 is 0 Å². The van der Waals surface area contributed by atoms with Crippen LogP contribution in [0.25, 0.3) is 0 Å². The minimum Gasteiger partial charge on any atom is -0.334 e. The second-order valence-electron chi connectivity index (χ2n) is 5.17. The number of hydrogen-bond donors (Lipinski definition) is 1. The van der Waals surface area contributed by atoms with Crippen molar-refractivity contribution in [2.75, 3.05) is 20.1 Å². The number of rotatable bonds is 7. The molecule has 0 aliphatic rings. The molecule has 1 heterocycles. The van der Waals surface area contributed by atoms with E-state index < -0.39 is 0 Å². The molecular formula is C13H26N4. The number of imidazole rings is 1. The molecule has 4 nitrogen and oxygen atoms in total. The second-order valence-corrected chi connectivity index (χ2v) is 5.17. The molecule has 0 aliphatic carbocycles. The summed E-state index contributed by atoms with van der Waals surface area (Å²) < 4.78 is 2.18. The Balaban J connectivity index is 2.22. The lowest BCUT2D eigenvalue weighted by atomic mass is 10.0. The molecule has 17 heavy (non-hydrogen) atoms. The van der Waals surface area contributed by atoms with Gasteiger partial charge in [-0.2, -0.15) is 0 Å². The molecule has 4 heteroatoms. The lowest BCUT2D eigenvalue weighted by molar-refractivity contribution is 0.291. The highest BCUT2D eigenvalue weighted by molar-refractivity contribution is 4.88. The fourth-order valence-corrected chi connectivity index (χ4v) is 1.73. The lowest BCUT2D eigenvalue weighted by Crippen LogP contribution is -2.33. The first kappa shape index (κ1) is 14.2. The monoisotopic (exact) mass is 238 g/mol. The summed E-state index contributed by atoms with van der Waals surface area (Å²) >= 11 is 0. The first-order valence-corrected chi connectivity index (χ1v) is 6.42. The molecule has 1 atom stereocenters. The van der Waals surface area contributed by atoms with Gasteiger partial charge in [0.15, 0.2) is 0 Å². The van der Waals surface area contributed by atoms with Gasteiger partial charge in [0.05, 0.1) is 0 Å². The molecular weight excluding hydrogens is 212 g/mol. The number of hydrogen-bond acceptors (Lipinski definition) is 3. The lowest BCUT2D eigenvalue weighted by Gasteiger charge is -2.21. The van der Waals surface area contributed by atoms with E-state index in [2.05, 4.69) is 35.3 Å². The van der Waals surface area contributed by atoms with Crippen molar-refractivity contribution in [3.8, 4) is 0 Å². The predicted octanol–water partition coefficient (Wildman–Crippen LogP) is 1.50. The van der Waals surface area contributed by atoms with Crippen LogP contribution in [0.4, 0.5) is 0 Å². The van der Waals surface area contributed by atoms with Gasteiger partial charge in [0.25, 0.3) is 0 Å². The predicted molar refractivity (Wildman–Crippen MR) is 71.9 cm³/mol. The van der Waals surface area contributed by atoms with Gasteiger partial charge in [-0.1, -0.05) is 13.8 Å². The third-order valence-electron chi connectivity index (χ3n) is 3.35. The number of nitrogens with two attached hydrogens (primary N) is 1. The summed E-state index contributed by atoms with van der Waals surface area (Å²) in [7, 11) is 2.15. The van der Waals surface area contributed by atoms with E-state index in [1.807, 2.05) is 19.3 Å². The fourth-order valence-electron chi connectivity index (χ4n) is 1.73. The van der Waals surface area contributed by atoms with Crippen molar-refractivity contribution in [1.29, 1.82) is 0 Å². The Labute approximate surface area is 105 Å². The number of aryl methyl sites for hydroxylation is 1. The summed E-state index contributed by atoms with van der Waals surface area (Å²) in [6.45, 7) is 9.50. The van der Waals surface area contributed by atoms with Crippen LogP contribution in [0.5, 0.6) is 0 Å². The van der Waals surface area contributed by atoms with Gasteiger partial charge in [0, 0.05) is 31.5 Å². The maximum Gasteiger partial charge on any atom is 0.105 e. The normalized spacial score (nSPS) is 13.6. The van der Waals surface area contributed by atoms with Crippen LogP contribution in [-0.4, -0.2) is 40.6 Å². The Bertz CT molecular complexity index is 319. The molecule has 0 spiro atoms. The van der Waals surface area contributed by atoms with Gasteiger partial charge in [0.1, 0.15) is 5.82 Å². The van der Waals surface area contributed by atoms with Crippen LogP contribution < -0.4 is 5.73 Å². The molecule has 0 bridgehead atoms. The summed E-state index contributed by atoms with van der Waals surface area (Å²) in [4.78, 5) is 6.55. The zero-order valence-corrected chi connectivity index (χ0v) is 11.6. The Hall–Kier alpha value is -0.870. The van der Waals surface area contributed by atoms with Crippen molar-refractivity contribution >= 4 is 0 Å². The molecule has 98 valence electrons. The summed E-state index contributed by atoms with van der Waals surface area (Å²) in [5.41, 5.74) is 6.04. The van der Waals surface area contributed by atoms with E-state index in [-0.39, 0.29) is 0 Å². The Kier molecular flexibility index (Phi) is 5.65. The molecule has 1 rings (SSSR count). The smallest absolute Gasteiger partial charge is 0.105 e. The van der Waals surface area contributed by atoms with Gasteiger partial charge in [-0.05, 0) is 32.9 Å². The molecule has 1 aromatic heterocycles. The topological polar surface area (TPSA) is 47.1 Å². The zero-order chi connectivity index (χ0) is 12.8. The van der Waals surface area contributed by atoms with Crippen molar-refractivity contribution in [3.05, 3.63) is 18.2 Å². The fraction of sp³-hybridized carbons (Fsp3) is 0.769. The molecule has 0 amide bonds. The van der Waals surface area contributed by atoms with Crippen LogP contribution in [-0.2, 0) is 6.54 Å². The minimum absolute atomic E-state index is 0.312. The third kappa shape index (κ3) is 4.88. The van der Waals surface area contributed by atoms with Crippen LogP contribution in [0, 0.1) is 12.8 Å². The van der Waals surface area contributed by atoms with Crippen LogP contribution >= 0.6 is 0 Å². The van der Waals surface area contributed by atoms with E-state index in [1.54, 1.807) is 0 Å². The molecule has 0 saturated carbocycles. The van der Waals surface area contributed by atoms with Gasteiger partial charge >= 0.3 is 0 Å². The minimum atomic E-state index is 0.312. The molecule has 0 saturated heterocycles. The molecule has 0 aliphatic heterocycles. The van der Waals surface area contributed by atoms with Crippen molar-refractivity contribution < 1.29 is 0 Å². The van der Waals surface area contributed by atoms with Crippen molar-refractivity contribution in [3.63, 3.8) is 0 Å². The molecule has 1 aromatic rings. The van der Waals surface area contributed by atoms with Crippen LogP contribution in [0.15, 0.2) is 12.4 Å². The maximum absolute atomic E-state index is 6.04. The summed E-state index contributed by atoms with van der Waals surface area (Å²) in [5.74, 6) is 1.65. The largest absolute Gasteiger partial charge is 0.334 e. The Morgan fingerprint density at radius 2 is 2.12 bits per heavy atom. The summed E-state index contributed by atoms with van der Waals surface area (Å²) in [5, 5.41) is 0. The quantitative estimate of drug-likeness (QED) is 0.783. The molecule has 2 N–H and O–H groups in total. The van der Waals surface area contributed by atoms with Crippen molar-refractivity contribution in [2.24, 2.45) is 11.7 Å². The van der Waals surface area contributed by atoms with Gasteiger partial charge in [-0.15, -0.1) is 0 Å². The highest BCUT2D eigenvalue weighted by Gasteiger charge is 2.08. The van der Waals surface area contributed by atoms with Crippen LogP contribution in [0.3, 0.4) is 0 Å². The average Bonchev–Trinajstić information content (AvgIpc) is 2.68. The highest BCUT2D eigenvalue weighted by Crippen LogP contribution is 2.04. The number of nitrogens with zero attached hydrogens (tertiary/aromatic N) is 3. The first-order valence-electron chi connectivity index (χ1n) is 6.42. The van der Waals surface area contributed by atoms with Crippen molar-refractivity contribution in [2.45, 2.75) is 39.8 Å². The average molecular weight is 238 g/mol. The van der Waals surface area contributed by atoms with Crippen LogP contribution in [0.2, 0.25) is 0 Å². The van der Waals surface area contributed by atoms with E-state index in [0.29, 0.717) is 12.0 Å². The molecule has 1 unspecified atom stereocenters. The maximum atomic E-state index is 6.04. The first-order chi connectivity index (χ1) is 8.00. The summed E-state index contributed by atoms with van der Waals surface area (Å²) in [6, 6.07) is 0.312. The van der Waals surface area contributed by atoms with Crippen LogP contribution in [0.1, 0.15) is 26.1 Å². The van der Waals surface area contributed by atoms with E-state index in [9.17, 15) is 0 Å². The van der Waals surface area contributed by atoms with E-state index in [1.165, 1.54) is 0 Å². The van der Waals surface area contributed by atoms with E-state index in [4.69, 9.17) is 5.73 Å². The second kappa shape index (κ2) is 6.77. The molecule has 0 radical (unpaired) electrons. The van der Waals surface area contributed by atoms with Gasteiger partial charge in [0.2, 0.25) is 0 Å². The van der Waals surface area contributed by atoms with Gasteiger partial charge in [-0.3, -0.25) is 0 Å². The Morgan fingerprint density at radius 3 is 2.65 bits per heavy atom. The van der Waals surface area contributed by atoms with E-state index in [0.717, 1.165) is 31.9 Å². The highest BCUT2D eigenvalue weighted by atomic mass is 15.1. The number of likely N-dealkylation sites (N-methyl/N-ethyl adjacent to an activating group) is 1. The third-order valence-corrected chi connectivity index (χ3v) is 3.35. The number of aromatic nitrogens is 2. The Morgan fingerprint density at radius 1 is 1.41 bits per heavy atom. The zero-order valence-electron chi connectivity index (χ0n) is 11.6. The van der Waals surface area contributed by atoms with Crippen molar-refractivity contribution in [1.82, 2.24) is 14.5 Å². The van der Waals surface area contributed by atoms with Gasteiger partial charge < -0.3 is 15.2 Å². The van der Waals surface area contributed by atoms with Gasteiger partial charge in [-0.25, -0.2) is 4.98 Å². The standard InChI is InChI=1S/C13H26N4/c1-11(2)13(14)5-7-16(4)9-10-17-8-6-15-12(17)3/h6,8,11,13H,5,7,9-10,14H2,1-4H3.